The number of aliphatic carboxylic acids is 1. The molecule has 2 aliphatic carbocycles. The van der Waals surface area contributed by atoms with Crippen LogP contribution in [-0.4, -0.2) is 47.2 Å². The fourth-order valence-electron chi connectivity index (χ4n) is 6.28. The van der Waals surface area contributed by atoms with Crippen molar-refractivity contribution in [1.82, 2.24) is 10.2 Å². The molecule has 3 aromatic carbocycles. The first-order valence-electron chi connectivity index (χ1n) is 14.7. The summed E-state index contributed by atoms with van der Waals surface area (Å²) in [5.74, 6) is -0.992. The monoisotopic (exact) mass is 554 g/mol. The van der Waals surface area contributed by atoms with Crippen LogP contribution in [0, 0.1) is 5.92 Å². The van der Waals surface area contributed by atoms with Crippen LogP contribution in [0.2, 0.25) is 0 Å². The molecule has 0 aromatic heterocycles. The van der Waals surface area contributed by atoms with Gasteiger partial charge in [0.15, 0.2) is 0 Å². The van der Waals surface area contributed by atoms with Gasteiger partial charge in [-0.3, -0.25) is 9.59 Å². The normalized spacial score (nSPS) is 15.4. The summed E-state index contributed by atoms with van der Waals surface area (Å²) in [5.41, 5.74) is 5.46. The predicted octanol–water partition coefficient (Wildman–Crippen LogP) is 6.37. The highest BCUT2D eigenvalue weighted by atomic mass is 16.5. The second-order valence-corrected chi connectivity index (χ2v) is 11.2. The zero-order valence-corrected chi connectivity index (χ0v) is 23.3. The summed E-state index contributed by atoms with van der Waals surface area (Å²) in [4.78, 5) is 40.1. The van der Waals surface area contributed by atoms with Crippen LogP contribution in [0.4, 0.5) is 4.79 Å². The first-order chi connectivity index (χ1) is 20.0. The molecule has 1 fully saturated rings. The highest BCUT2D eigenvalue weighted by Crippen LogP contribution is 2.44. The van der Waals surface area contributed by atoms with Gasteiger partial charge in [-0.05, 0) is 40.2 Å². The van der Waals surface area contributed by atoms with Crippen molar-refractivity contribution in [3.63, 3.8) is 0 Å². The fourth-order valence-corrected chi connectivity index (χ4v) is 6.28. The molecule has 0 spiro atoms. The Bertz CT molecular complexity index is 1310. The Balaban J connectivity index is 1.30. The number of amides is 2. The molecule has 2 N–H and O–H groups in total. The molecular formula is C34H38N2O5. The average molecular weight is 555 g/mol. The van der Waals surface area contributed by atoms with E-state index < -0.39 is 18.1 Å². The standard InChI is InChI=1S/C34H38N2O5/c37-32(38)19-20-36(22-25-13-5-2-6-14-25)33(39)31(21-24-11-3-1-4-12-24)35-34(40)41-23-30-28-17-9-7-15-26(28)27-16-8-10-18-29(27)30/h2,5-10,13-18,24,30-31H,1,3-4,11-12,19-23H2,(H,35,40)(H,37,38). The maximum absolute atomic E-state index is 13.9. The summed E-state index contributed by atoms with van der Waals surface area (Å²) >= 11 is 0. The third kappa shape index (κ3) is 7.15. The number of ether oxygens (including phenoxy) is 1. The molecule has 0 aliphatic heterocycles. The lowest BCUT2D eigenvalue weighted by molar-refractivity contribution is -0.139. The first kappa shape index (κ1) is 28.4. The van der Waals surface area contributed by atoms with Gasteiger partial charge in [-0.15, -0.1) is 0 Å². The van der Waals surface area contributed by atoms with Crippen LogP contribution in [0.25, 0.3) is 11.1 Å². The van der Waals surface area contributed by atoms with Gasteiger partial charge in [-0.1, -0.05) is 111 Å². The summed E-state index contributed by atoms with van der Waals surface area (Å²) in [6.07, 6.45) is 5.17. The van der Waals surface area contributed by atoms with Crippen LogP contribution in [0.15, 0.2) is 78.9 Å². The van der Waals surface area contributed by atoms with E-state index in [1.807, 2.05) is 54.6 Å². The molecule has 1 unspecified atom stereocenters. The van der Waals surface area contributed by atoms with Gasteiger partial charge >= 0.3 is 12.1 Å². The number of hydrogen-bond donors (Lipinski definition) is 2. The van der Waals surface area contributed by atoms with E-state index >= 15 is 0 Å². The molecule has 0 saturated heterocycles. The van der Waals surface area contributed by atoms with E-state index in [4.69, 9.17) is 4.74 Å². The lowest BCUT2D eigenvalue weighted by atomic mass is 9.84. The summed E-state index contributed by atoms with van der Waals surface area (Å²) in [5, 5.41) is 12.2. The Kier molecular flexibility index (Phi) is 9.34. The second-order valence-electron chi connectivity index (χ2n) is 11.2. The van der Waals surface area contributed by atoms with Gasteiger partial charge in [0.05, 0.1) is 6.42 Å². The van der Waals surface area contributed by atoms with Gasteiger partial charge in [-0.25, -0.2) is 4.79 Å². The van der Waals surface area contributed by atoms with Gasteiger partial charge in [0.1, 0.15) is 12.6 Å². The smallest absolute Gasteiger partial charge is 0.407 e. The Labute approximate surface area is 241 Å². The molecule has 1 atom stereocenters. The lowest BCUT2D eigenvalue weighted by Gasteiger charge is -2.31. The molecule has 2 amide bonds. The van der Waals surface area contributed by atoms with Crippen LogP contribution in [0.5, 0.6) is 0 Å². The number of alkyl carbamates (subject to hydrolysis) is 1. The molecule has 7 heteroatoms. The van der Waals surface area contributed by atoms with Gasteiger partial charge in [0.25, 0.3) is 0 Å². The van der Waals surface area contributed by atoms with Gasteiger partial charge in [0.2, 0.25) is 5.91 Å². The maximum Gasteiger partial charge on any atom is 0.407 e. The predicted molar refractivity (Wildman–Crippen MR) is 157 cm³/mol. The average Bonchev–Trinajstić information content (AvgIpc) is 3.32. The van der Waals surface area contributed by atoms with E-state index in [-0.39, 0.29) is 37.9 Å². The molecule has 214 valence electrons. The molecule has 0 heterocycles. The van der Waals surface area contributed by atoms with Crippen molar-refractivity contribution in [1.29, 1.82) is 0 Å². The zero-order valence-electron chi connectivity index (χ0n) is 23.3. The summed E-state index contributed by atoms with van der Waals surface area (Å²) in [7, 11) is 0. The maximum atomic E-state index is 13.9. The highest BCUT2D eigenvalue weighted by Gasteiger charge is 2.32. The lowest BCUT2D eigenvalue weighted by Crippen LogP contribution is -2.50. The molecule has 41 heavy (non-hydrogen) atoms. The number of nitrogens with one attached hydrogen (secondary N) is 1. The van der Waals surface area contributed by atoms with E-state index in [0.29, 0.717) is 12.3 Å². The van der Waals surface area contributed by atoms with Gasteiger partial charge in [0, 0.05) is 19.0 Å². The zero-order chi connectivity index (χ0) is 28.6. The number of nitrogens with zero attached hydrogens (tertiary/aromatic N) is 1. The van der Waals surface area contributed by atoms with Gasteiger partial charge < -0.3 is 20.1 Å². The van der Waals surface area contributed by atoms with E-state index in [0.717, 1.165) is 53.5 Å². The van der Waals surface area contributed by atoms with Crippen molar-refractivity contribution in [2.24, 2.45) is 5.92 Å². The SMILES string of the molecule is O=C(O)CCN(Cc1ccccc1)C(=O)C(CC1CCCCC1)NC(=O)OCC1c2ccccc2-c2ccccc21. The molecule has 0 radical (unpaired) electrons. The largest absolute Gasteiger partial charge is 0.481 e. The van der Waals surface area contributed by atoms with Crippen LogP contribution in [0.1, 0.15) is 67.6 Å². The number of hydrogen-bond acceptors (Lipinski definition) is 4. The second kappa shape index (κ2) is 13.5. The number of carboxylic acid groups (broad SMARTS) is 1. The molecule has 3 aromatic rings. The number of carbonyl (C=O) groups excluding carboxylic acids is 2. The third-order valence-electron chi connectivity index (χ3n) is 8.35. The van der Waals surface area contributed by atoms with Crippen LogP contribution in [0.3, 0.4) is 0 Å². The summed E-state index contributed by atoms with van der Waals surface area (Å²) < 4.78 is 5.79. The number of rotatable bonds is 11. The Hall–Kier alpha value is -4.13. The number of carboxylic acids is 1. The summed E-state index contributed by atoms with van der Waals surface area (Å²) in [6, 6.07) is 25.1. The minimum absolute atomic E-state index is 0.0661. The number of carbonyl (C=O) groups is 3. The topological polar surface area (TPSA) is 95.9 Å². The Morgan fingerprint density at radius 1 is 0.854 bits per heavy atom. The van der Waals surface area contributed by atoms with E-state index in [1.54, 1.807) is 4.90 Å². The van der Waals surface area contributed by atoms with Crippen LogP contribution < -0.4 is 5.32 Å². The van der Waals surface area contributed by atoms with Crippen LogP contribution in [-0.2, 0) is 20.9 Å². The van der Waals surface area contributed by atoms with Crippen molar-refractivity contribution in [3.05, 3.63) is 95.6 Å². The Morgan fingerprint density at radius 3 is 2.10 bits per heavy atom. The molecule has 5 rings (SSSR count). The van der Waals surface area contributed by atoms with E-state index in [1.165, 1.54) is 6.42 Å². The fraction of sp³-hybridized carbons (Fsp3) is 0.382. The Morgan fingerprint density at radius 2 is 1.46 bits per heavy atom. The van der Waals surface area contributed by atoms with Crippen molar-refractivity contribution in [3.8, 4) is 11.1 Å². The highest BCUT2D eigenvalue weighted by molar-refractivity contribution is 5.86. The minimum Gasteiger partial charge on any atom is -0.481 e. The van der Waals surface area contributed by atoms with E-state index in [2.05, 4.69) is 29.6 Å². The van der Waals surface area contributed by atoms with Crippen molar-refractivity contribution in [2.45, 2.75) is 63.5 Å². The third-order valence-corrected chi connectivity index (χ3v) is 8.35. The quantitative estimate of drug-likeness (QED) is 0.287. The molecular weight excluding hydrogens is 516 g/mol. The van der Waals surface area contributed by atoms with Crippen molar-refractivity contribution in [2.75, 3.05) is 13.2 Å². The number of fused-ring (bicyclic) bond motifs is 3. The molecule has 1 saturated carbocycles. The first-order valence-corrected chi connectivity index (χ1v) is 14.7. The van der Waals surface area contributed by atoms with Crippen molar-refractivity contribution < 1.29 is 24.2 Å². The van der Waals surface area contributed by atoms with E-state index in [9.17, 15) is 19.5 Å². The molecule has 2 aliphatic rings. The molecule has 0 bridgehead atoms. The van der Waals surface area contributed by atoms with Gasteiger partial charge in [-0.2, -0.15) is 0 Å². The number of benzene rings is 3. The van der Waals surface area contributed by atoms with Crippen LogP contribution >= 0.6 is 0 Å². The molecule has 7 nitrogen and oxygen atoms in total. The summed E-state index contributed by atoms with van der Waals surface area (Å²) in [6.45, 7) is 0.508. The minimum atomic E-state index is -0.968. The van der Waals surface area contributed by atoms with Crippen molar-refractivity contribution >= 4 is 18.0 Å².